The first-order valence-electron chi connectivity index (χ1n) is 16.2. The summed E-state index contributed by atoms with van der Waals surface area (Å²) in [4.78, 5) is 57.0. The molecule has 1 aliphatic rings. The lowest BCUT2D eigenvalue weighted by atomic mass is 9.93. The molecule has 2 aromatic carbocycles. The normalized spacial score (nSPS) is 12.1. The molecule has 2 aromatic heterocycles. The summed E-state index contributed by atoms with van der Waals surface area (Å²) < 4.78 is 5.34. The highest BCUT2D eigenvalue weighted by Crippen LogP contribution is 2.42. The molecule has 0 radical (unpaired) electrons. The van der Waals surface area contributed by atoms with Crippen LogP contribution in [0.15, 0.2) is 47.8 Å². The van der Waals surface area contributed by atoms with Gasteiger partial charge in [-0.2, -0.15) is 0 Å². The van der Waals surface area contributed by atoms with Crippen molar-refractivity contribution < 1.29 is 29.0 Å². The Bertz CT molecular complexity index is 1920. The maximum atomic E-state index is 14.3. The summed E-state index contributed by atoms with van der Waals surface area (Å²) in [7, 11) is 0. The molecule has 0 saturated carbocycles. The van der Waals surface area contributed by atoms with E-state index < -0.39 is 29.5 Å². The molecule has 3 heterocycles. The van der Waals surface area contributed by atoms with E-state index in [0.29, 0.717) is 30.8 Å². The molecule has 12 heteroatoms. The van der Waals surface area contributed by atoms with Crippen molar-refractivity contribution >= 4 is 46.6 Å². The number of hydrogen-bond acceptors (Lipinski definition) is 8. The minimum atomic E-state index is -1.32. The number of hydrogen-bond donors (Lipinski definition) is 5. The number of thiophene rings is 1. The number of nitrogens with zero attached hydrogens (tertiary/aromatic N) is 1. The average Bonchev–Trinajstić information content (AvgIpc) is 3.44. The SMILES string of the molecule is CCCNC(=O)c1ccc(-c2cc3c(cc2C(=O)Nc2c(C)cc(CNC(=O)OC(C)(C)C)cc2C)-c2sccc2CCN3)c(C(=O)O)n1. The number of rotatable bonds is 9. The van der Waals surface area contributed by atoms with Gasteiger partial charge in [0, 0.05) is 52.6 Å². The molecule has 5 N–H and O–H groups in total. The van der Waals surface area contributed by atoms with Crippen molar-refractivity contribution in [2.75, 3.05) is 23.7 Å². The lowest BCUT2D eigenvalue weighted by Gasteiger charge is -2.20. The van der Waals surface area contributed by atoms with Crippen molar-refractivity contribution in [1.82, 2.24) is 15.6 Å². The minimum absolute atomic E-state index is 0.0239. The number of carboxylic acids is 1. The summed E-state index contributed by atoms with van der Waals surface area (Å²) in [5.74, 6) is -2.23. The van der Waals surface area contributed by atoms with E-state index in [4.69, 9.17) is 4.74 Å². The van der Waals surface area contributed by atoms with E-state index in [1.165, 1.54) is 12.1 Å². The lowest BCUT2D eigenvalue weighted by Crippen LogP contribution is -2.32. The second kappa shape index (κ2) is 14.5. The molecule has 0 spiro atoms. The molecule has 0 atom stereocenters. The minimum Gasteiger partial charge on any atom is -0.476 e. The molecule has 1 aliphatic heterocycles. The third-order valence-corrected chi connectivity index (χ3v) is 8.92. The van der Waals surface area contributed by atoms with Gasteiger partial charge in [-0.05, 0) is 111 Å². The molecule has 3 amide bonds. The zero-order valence-corrected chi connectivity index (χ0v) is 29.3. The van der Waals surface area contributed by atoms with E-state index in [2.05, 4.69) is 32.3 Å². The number of anilines is 2. The van der Waals surface area contributed by atoms with Crippen molar-refractivity contribution in [3.8, 4) is 21.6 Å². The van der Waals surface area contributed by atoms with E-state index in [-0.39, 0.29) is 29.1 Å². The maximum Gasteiger partial charge on any atom is 0.407 e. The van der Waals surface area contributed by atoms with Crippen LogP contribution < -0.4 is 21.3 Å². The van der Waals surface area contributed by atoms with Gasteiger partial charge in [-0.1, -0.05) is 19.1 Å². The summed E-state index contributed by atoms with van der Waals surface area (Å²) >= 11 is 1.58. The largest absolute Gasteiger partial charge is 0.476 e. The smallest absolute Gasteiger partial charge is 0.407 e. The number of aromatic nitrogens is 1. The van der Waals surface area contributed by atoms with Gasteiger partial charge in [0.05, 0.1) is 0 Å². The molecular formula is C37H41N5O6S. The molecule has 0 saturated heterocycles. The van der Waals surface area contributed by atoms with Gasteiger partial charge in [-0.25, -0.2) is 14.6 Å². The van der Waals surface area contributed by atoms with Crippen LogP contribution in [0.1, 0.15) is 87.7 Å². The van der Waals surface area contributed by atoms with Crippen molar-refractivity contribution in [2.45, 2.75) is 66.5 Å². The third-order valence-electron chi connectivity index (χ3n) is 7.93. The Morgan fingerprint density at radius 1 is 0.959 bits per heavy atom. The summed E-state index contributed by atoms with van der Waals surface area (Å²) in [6, 6.07) is 12.4. The predicted octanol–water partition coefficient (Wildman–Crippen LogP) is 7.18. The van der Waals surface area contributed by atoms with Gasteiger partial charge in [0.15, 0.2) is 5.69 Å². The third kappa shape index (κ3) is 8.09. The van der Waals surface area contributed by atoms with Gasteiger partial charge in [0.2, 0.25) is 0 Å². The van der Waals surface area contributed by atoms with Crippen LogP contribution in [0.5, 0.6) is 0 Å². The number of pyridine rings is 1. The fourth-order valence-electron chi connectivity index (χ4n) is 5.76. The van der Waals surface area contributed by atoms with E-state index in [0.717, 1.165) is 44.8 Å². The van der Waals surface area contributed by atoms with Gasteiger partial charge < -0.3 is 31.1 Å². The number of amides is 3. The lowest BCUT2D eigenvalue weighted by molar-refractivity contribution is 0.0522. The Morgan fingerprint density at radius 2 is 1.69 bits per heavy atom. The average molecular weight is 684 g/mol. The number of fused-ring (bicyclic) bond motifs is 3. The summed E-state index contributed by atoms with van der Waals surface area (Å²) in [6.45, 7) is 12.4. The number of alkyl carbamates (subject to hydrolysis) is 1. The molecule has 11 nitrogen and oxygen atoms in total. The van der Waals surface area contributed by atoms with E-state index in [9.17, 15) is 24.3 Å². The highest BCUT2D eigenvalue weighted by Gasteiger charge is 2.26. The first-order valence-corrected chi connectivity index (χ1v) is 17.0. The topological polar surface area (TPSA) is 159 Å². The van der Waals surface area contributed by atoms with E-state index in [1.54, 1.807) is 44.2 Å². The molecule has 49 heavy (non-hydrogen) atoms. The number of aromatic carboxylic acids is 1. The molecule has 0 unspecified atom stereocenters. The summed E-state index contributed by atoms with van der Waals surface area (Å²) in [5.41, 5.74) is 5.61. The Kier molecular flexibility index (Phi) is 10.4. The number of carbonyl (C=O) groups is 4. The molecule has 256 valence electrons. The van der Waals surface area contributed by atoms with Crippen LogP contribution in [-0.2, 0) is 17.7 Å². The van der Waals surface area contributed by atoms with Crippen LogP contribution in [0.4, 0.5) is 16.2 Å². The number of benzene rings is 2. The monoisotopic (exact) mass is 683 g/mol. The van der Waals surface area contributed by atoms with Crippen molar-refractivity contribution in [3.63, 3.8) is 0 Å². The zero-order valence-electron chi connectivity index (χ0n) is 28.5. The number of aryl methyl sites for hydroxylation is 2. The van der Waals surface area contributed by atoms with Crippen LogP contribution in [0.25, 0.3) is 21.6 Å². The Balaban J connectivity index is 1.55. The van der Waals surface area contributed by atoms with Crippen LogP contribution in [0.2, 0.25) is 0 Å². The van der Waals surface area contributed by atoms with Gasteiger partial charge in [-0.15, -0.1) is 11.3 Å². The molecule has 5 rings (SSSR count). The molecule has 0 fully saturated rings. The molecule has 0 aliphatic carbocycles. The molecular weight excluding hydrogens is 643 g/mol. The zero-order chi connectivity index (χ0) is 35.5. The molecule has 4 aromatic rings. The van der Waals surface area contributed by atoms with Crippen LogP contribution in [0.3, 0.4) is 0 Å². The van der Waals surface area contributed by atoms with Gasteiger partial charge in [0.1, 0.15) is 11.3 Å². The number of ether oxygens (including phenoxy) is 1. The number of carboxylic acid groups (broad SMARTS) is 1. The first kappa shape index (κ1) is 35.1. The molecule has 0 bridgehead atoms. The Morgan fingerprint density at radius 3 is 2.37 bits per heavy atom. The fraction of sp³-hybridized carbons (Fsp3) is 0.324. The van der Waals surface area contributed by atoms with Crippen LogP contribution in [-0.4, -0.2) is 52.7 Å². The standard InChI is InChI=1S/C37H41N5O6S/c1-7-12-39-34(44)28-9-8-24(31(41-28)35(45)46)25-18-29-27(32-23(10-13-38-29)11-14-49-32)17-26(25)33(43)42-30-20(2)15-22(16-21(30)3)19-40-36(47)48-37(4,5)6/h8-9,11,14-18,38H,7,10,12-13,19H2,1-6H3,(H,39,44)(H,40,47)(H,42,43)(H,45,46). The highest BCUT2D eigenvalue weighted by molar-refractivity contribution is 7.13. The van der Waals surface area contributed by atoms with Gasteiger partial charge in [0.25, 0.3) is 11.8 Å². The van der Waals surface area contributed by atoms with Crippen molar-refractivity contribution in [1.29, 1.82) is 0 Å². The fourth-order valence-corrected chi connectivity index (χ4v) is 6.75. The second-order valence-electron chi connectivity index (χ2n) is 13.0. The summed E-state index contributed by atoms with van der Waals surface area (Å²) in [6.07, 6.45) is 0.984. The predicted molar refractivity (Wildman–Crippen MR) is 192 cm³/mol. The first-order chi connectivity index (χ1) is 23.3. The number of carbonyl (C=O) groups excluding carboxylic acids is 3. The van der Waals surface area contributed by atoms with E-state index in [1.807, 2.05) is 38.3 Å². The number of nitrogens with one attached hydrogen (secondary N) is 4. The Labute approximate surface area is 289 Å². The highest BCUT2D eigenvalue weighted by atomic mass is 32.1. The van der Waals surface area contributed by atoms with Crippen LogP contribution in [0, 0.1) is 13.8 Å². The van der Waals surface area contributed by atoms with Crippen molar-refractivity contribution in [3.05, 3.63) is 87.0 Å². The van der Waals surface area contributed by atoms with E-state index >= 15 is 0 Å². The Hall–Kier alpha value is -5.23. The quantitative estimate of drug-likeness (QED) is 0.124. The van der Waals surface area contributed by atoms with Crippen LogP contribution >= 0.6 is 11.3 Å². The maximum absolute atomic E-state index is 14.3. The van der Waals surface area contributed by atoms with Gasteiger partial charge >= 0.3 is 12.1 Å². The van der Waals surface area contributed by atoms with Gasteiger partial charge in [-0.3, -0.25) is 9.59 Å². The second-order valence-corrected chi connectivity index (χ2v) is 13.9. The van der Waals surface area contributed by atoms with Crippen molar-refractivity contribution in [2.24, 2.45) is 0 Å². The summed E-state index contributed by atoms with van der Waals surface area (Å²) in [5, 5.41) is 24.3.